The van der Waals surface area contributed by atoms with Gasteiger partial charge >= 0.3 is 0 Å². The van der Waals surface area contributed by atoms with Crippen molar-refractivity contribution in [1.29, 1.82) is 0 Å². The maximum Gasteiger partial charge on any atom is 0.138 e. The van der Waals surface area contributed by atoms with E-state index in [1.807, 2.05) is 43.3 Å². The highest BCUT2D eigenvalue weighted by Crippen LogP contribution is 2.27. The summed E-state index contributed by atoms with van der Waals surface area (Å²) in [7, 11) is 0. The lowest BCUT2D eigenvalue weighted by Gasteiger charge is -2.10. The lowest BCUT2D eigenvalue weighted by Crippen LogP contribution is -2.09. The van der Waals surface area contributed by atoms with Crippen LogP contribution in [0.3, 0.4) is 0 Å². The molecule has 0 aliphatic heterocycles. The number of rotatable bonds is 7. The third kappa shape index (κ3) is 5.14. The average molecular weight is 372 g/mol. The fourth-order valence-corrected chi connectivity index (χ4v) is 2.43. The standard InChI is InChI=1S/C16H16BrClO3/c1-2-19-13-4-6-14(7-5-13)20-9-10-21-16-8-3-12(17)11-15(16)18/h3-8,11H,2,9-10H2,1H3. The molecule has 0 bridgehead atoms. The Labute approximate surface area is 137 Å². The molecule has 0 aliphatic carbocycles. The zero-order valence-corrected chi connectivity index (χ0v) is 14.0. The summed E-state index contributed by atoms with van der Waals surface area (Å²) in [6.07, 6.45) is 0. The van der Waals surface area contributed by atoms with Crippen molar-refractivity contribution < 1.29 is 14.2 Å². The summed E-state index contributed by atoms with van der Waals surface area (Å²) < 4.78 is 17.5. The van der Waals surface area contributed by atoms with Crippen molar-refractivity contribution in [2.75, 3.05) is 19.8 Å². The van der Waals surface area contributed by atoms with E-state index in [2.05, 4.69) is 15.9 Å². The van der Waals surface area contributed by atoms with Gasteiger partial charge in [-0.1, -0.05) is 27.5 Å². The number of benzene rings is 2. The predicted molar refractivity (Wildman–Crippen MR) is 87.8 cm³/mol. The molecule has 0 aliphatic rings. The molecule has 0 aromatic heterocycles. The van der Waals surface area contributed by atoms with Crippen molar-refractivity contribution in [2.45, 2.75) is 6.92 Å². The van der Waals surface area contributed by atoms with Gasteiger partial charge in [0.2, 0.25) is 0 Å². The third-order valence-corrected chi connectivity index (χ3v) is 3.43. The Hall–Kier alpha value is -1.39. The van der Waals surface area contributed by atoms with Crippen LogP contribution in [0.15, 0.2) is 46.9 Å². The fourth-order valence-electron chi connectivity index (χ4n) is 1.70. The Morgan fingerprint density at radius 3 is 2.14 bits per heavy atom. The summed E-state index contributed by atoms with van der Waals surface area (Å²) in [6.45, 7) is 3.48. The molecule has 112 valence electrons. The minimum absolute atomic E-state index is 0.425. The van der Waals surface area contributed by atoms with E-state index in [0.29, 0.717) is 30.6 Å². The second-order valence-corrected chi connectivity index (χ2v) is 5.50. The van der Waals surface area contributed by atoms with E-state index < -0.39 is 0 Å². The van der Waals surface area contributed by atoms with Crippen LogP contribution in [-0.2, 0) is 0 Å². The molecular weight excluding hydrogens is 356 g/mol. The van der Waals surface area contributed by atoms with Crippen LogP contribution in [0.4, 0.5) is 0 Å². The van der Waals surface area contributed by atoms with E-state index >= 15 is 0 Å². The van der Waals surface area contributed by atoms with Crippen molar-refractivity contribution in [3.63, 3.8) is 0 Å². The highest BCUT2D eigenvalue weighted by Gasteiger charge is 2.02. The molecule has 0 N–H and O–H groups in total. The Morgan fingerprint density at radius 1 is 0.905 bits per heavy atom. The van der Waals surface area contributed by atoms with Gasteiger partial charge in [0, 0.05) is 4.47 Å². The smallest absolute Gasteiger partial charge is 0.138 e. The quantitative estimate of drug-likeness (QED) is 0.644. The van der Waals surface area contributed by atoms with Gasteiger partial charge in [0.05, 0.1) is 11.6 Å². The van der Waals surface area contributed by atoms with Gasteiger partial charge in [-0.2, -0.15) is 0 Å². The number of halogens is 2. The molecule has 5 heteroatoms. The maximum absolute atomic E-state index is 6.06. The maximum atomic E-state index is 6.06. The summed E-state index contributed by atoms with van der Waals surface area (Å²) >= 11 is 9.41. The molecule has 0 heterocycles. The minimum Gasteiger partial charge on any atom is -0.494 e. The van der Waals surface area contributed by atoms with Gasteiger partial charge in [-0.05, 0) is 49.4 Å². The molecule has 0 radical (unpaired) electrons. The number of hydrogen-bond acceptors (Lipinski definition) is 3. The van der Waals surface area contributed by atoms with Crippen LogP contribution in [0.1, 0.15) is 6.92 Å². The van der Waals surface area contributed by atoms with Crippen LogP contribution in [0, 0.1) is 0 Å². The molecule has 0 atom stereocenters. The molecule has 21 heavy (non-hydrogen) atoms. The van der Waals surface area contributed by atoms with Crippen molar-refractivity contribution in [3.05, 3.63) is 52.0 Å². The predicted octanol–water partition coefficient (Wildman–Crippen LogP) is 4.96. The van der Waals surface area contributed by atoms with E-state index in [0.717, 1.165) is 16.0 Å². The van der Waals surface area contributed by atoms with E-state index in [9.17, 15) is 0 Å². The van der Waals surface area contributed by atoms with Gasteiger partial charge in [-0.3, -0.25) is 0 Å². The normalized spacial score (nSPS) is 10.2. The first kappa shape index (κ1) is 16.0. The van der Waals surface area contributed by atoms with E-state index in [4.69, 9.17) is 25.8 Å². The van der Waals surface area contributed by atoms with E-state index in [-0.39, 0.29) is 0 Å². The summed E-state index contributed by atoms with van der Waals surface area (Å²) in [5, 5.41) is 0.574. The largest absolute Gasteiger partial charge is 0.494 e. The molecule has 0 saturated heterocycles. The minimum atomic E-state index is 0.425. The first-order valence-corrected chi connectivity index (χ1v) is 7.79. The molecule has 2 aromatic carbocycles. The van der Waals surface area contributed by atoms with Crippen LogP contribution in [0.25, 0.3) is 0 Å². The van der Waals surface area contributed by atoms with Crippen LogP contribution in [0.5, 0.6) is 17.2 Å². The monoisotopic (exact) mass is 370 g/mol. The van der Waals surface area contributed by atoms with E-state index in [1.165, 1.54) is 0 Å². The van der Waals surface area contributed by atoms with Crippen molar-refractivity contribution >= 4 is 27.5 Å². The highest BCUT2D eigenvalue weighted by molar-refractivity contribution is 9.10. The first-order chi connectivity index (χ1) is 10.2. The Morgan fingerprint density at radius 2 is 1.52 bits per heavy atom. The fraction of sp³-hybridized carbons (Fsp3) is 0.250. The molecule has 0 fully saturated rings. The van der Waals surface area contributed by atoms with Crippen molar-refractivity contribution in [3.8, 4) is 17.2 Å². The summed E-state index contributed by atoms with van der Waals surface area (Å²) in [5.74, 6) is 2.27. The van der Waals surface area contributed by atoms with Gasteiger partial charge in [-0.25, -0.2) is 0 Å². The van der Waals surface area contributed by atoms with E-state index in [1.54, 1.807) is 6.07 Å². The van der Waals surface area contributed by atoms with Gasteiger partial charge in [0.1, 0.15) is 30.5 Å². The zero-order valence-electron chi connectivity index (χ0n) is 11.6. The van der Waals surface area contributed by atoms with Gasteiger partial charge in [0.15, 0.2) is 0 Å². The second-order valence-electron chi connectivity index (χ2n) is 4.18. The third-order valence-electron chi connectivity index (χ3n) is 2.64. The second kappa shape index (κ2) is 8.15. The van der Waals surface area contributed by atoms with Gasteiger partial charge < -0.3 is 14.2 Å². The lowest BCUT2D eigenvalue weighted by molar-refractivity contribution is 0.217. The lowest BCUT2D eigenvalue weighted by atomic mass is 10.3. The van der Waals surface area contributed by atoms with Crippen molar-refractivity contribution in [1.82, 2.24) is 0 Å². The summed E-state index contributed by atoms with van der Waals surface area (Å²) in [4.78, 5) is 0. The molecular formula is C16H16BrClO3. The number of hydrogen-bond donors (Lipinski definition) is 0. The summed E-state index contributed by atoms with van der Waals surface area (Å²) in [5.41, 5.74) is 0. The Kier molecular flexibility index (Phi) is 6.21. The van der Waals surface area contributed by atoms with Gasteiger partial charge in [0.25, 0.3) is 0 Å². The van der Waals surface area contributed by atoms with Crippen LogP contribution < -0.4 is 14.2 Å². The molecule has 3 nitrogen and oxygen atoms in total. The first-order valence-electron chi connectivity index (χ1n) is 6.62. The van der Waals surface area contributed by atoms with Crippen LogP contribution in [-0.4, -0.2) is 19.8 Å². The Bertz CT molecular complexity index is 572. The highest BCUT2D eigenvalue weighted by atomic mass is 79.9. The average Bonchev–Trinajstić information content (AvgIpc) is 2.47. The zero-order chi connectivity index (χ0) is 15.1. The Balaban J connectivity index is 1.76. The van der Waals surface area contributed by atoms with Crippen molar-refractivity contribution in [2.24, 2.45) is 0 Å². The van der Waals surface area contributed by atoms with Crippen LogP contribution >= 0.6 is 27.5 Å². The van der Waals surface area contributed by atoms with Gasteiger partial charge in [-0.15, -0.1) is 0 Å². The topological polar surface area (TPSA) is 27.7 Å². The van der Waals surface area contributed by atoms with Crippen LogP contribution in [0.2, 0.25) is 5.02 Å². The molecule has 0 saturated carbocycles. The molecule has 0 unspecified atom stereocenters. The summed E-state index contributed by atoms with van der Waals surface area (Å²) in [6, 6.07) is 13.0. The molecule has 0 spiro atoms. The number of ether oxygens (including phenoxy) is 3. The molecule has 2 aromatic rings. The molecule has 2 rings (SSSR count). The SMILES string of the molecule is CCOc1ccc(OCCOc2ccc(Br)cc2Cl)cc1. The molecule has 0 amide bonds.